The molecule has 2 rings (SSSR count). The minimum Gasteiger partial charge on any atom is -0.481 e. The molecule has 0 bridgehead atoms. The molecule has 7 nitrogen and oxygen atoms in total. The molecule has 26 heavy (non-hydrogen) atoms. The zero-order chi connectivity index (χ0) is 18.8. The van der Waals surface area contributed by atoms with Gasteiger partial charge in [-0.15, -0.1) is 0 Å². The number of hydrogen-bond donors (Lipinski definition) is 3. The molecule has 0 aliphatic heterocycles. The van der Waals surface area contributed by atoms with Crippen molar-refractivity contribution < 1.29 is 23.9 Å². The van der Waals surface area contributed by atoms with Crippen molar-refractivity contribution in [1.29, 1.82) is 0 Å². The molecule has 0 saturated carbocycles. The molecule has 1 unspecified atom stereocenters. The molecule has 2 amide bonds. The highest BCUT2D eigenvalue weighted by Gasteiger charge is 2.22. The number of benzene rings is 1. The second kappa shape index (κ2) is 10.0. The molecule has 3 N–H and O–H groups in total. The largest absolute Gasteiger partial charge is 0.481 e. The SMILES string of the molecule is O=C(O)CCCCNC(=O)C(Cc1ccccc1)NC(=O)c1ccco1. The van der Waals surface area contributed by atoms with E-state index in [1.807, 2.05) is 30.3 Å². The summed E-state index contributed by atoms with van der Waals surface area (Å²) in [6.45, 7) is 0.355. The number of carbonyl (C=O) groups is 3. The lowest BCUT2D eigenvalue weighted by Crippen LogP contribution is -2.48. The second-order valence-electron chi connectivity index (χ2n) is 5.83. The summed E-state index contributed by atoms with van der Waals surface area (Å²) in [4.78, 5) is 35.2. The van der Waals surface area contributed by atoms with Crippen molar-refractivity contribution in [3.63, 3.8) is 0 Å². The zero-order valence-electron chi connectivity index (χ0n) is 14.3. The summed E-state index contributed by atoms with van der Waals surface area (Å²) in [6.07, 6.45) is 2.84. The van der Waals surface area contributed by atoms with Gasteiger partial charge in [-0.1, -0.05) is 30.3 Å². The van der Waals surface area contributed by atoms with Crippen LogP contribution in [0.5, 0.6) is 0 Å². The average molecular weight is 358 g/mol. The van der Waals surface area contributed by atoms with Crippen molar-refractivity contribution in [2.24, 2.45) is 0 Å². The molecular weight excluding hydrogens is 336 g/mol. The normalized spacial score (nSPS) is 11.5. The fraction of sp³-hybridized carbons (Fsp3) is 0.316. The Bertz CT molecular complexity index is 713. The van der Waals surface area contributed by atoms with E-state index in [4.69, 9.17) is 9.52 Å². The highest BCUT2D eigenvalue weighted by atomic mass is 16.4. The maximum atomic E-state index is 12.5. The Balaban J connectivity index is 1.94. The molecule has 1 atom stereocenters. The molecule has 0 aliphatic carbocycles. The minimum absolute atomic E-state index is 0.0680. The molecule has 0 aliphatic rings. The van der Waals surface area contributed by atoms with E-state index >= 15 is 0 Å². The molecular formula is C19H22N2O5. The summed E-state index contributed by atoms with van der Waals surface area (Å²) >= 11 is 0. The van der Waals surface area contributed by atoms with Gasteiger partial charge in [0.05, 0.1) is 6.26 Å². The standard InChI is InChI=1S/C19H22N2O5/c22-17(23)10-4-5-11-20-18(24)15(13-14-7-2-1-3-8-14)21-19(25)16-9-6-12-26-16/h1-3,6-9,12,15H,4-5,10-11,13H2,(H,20,24)(H,21,25)(H,22,23). The summed E-state index contributed by atoms with van der Waals surface area (Å²) in [6, 6.07) is 11.7. The minimum atomic E-state index is -0.857. The first-order valence-corrected chi connectivity index (χ1v) is 8.44. The Labute approximate surface area is 151 Å². The molecule has 0 saturated heterocycles. The van der Waals surface area contributed by atoms with Gasteiger partial charge in [-0.2, -0.15) is 0 Å². The van der Waals surface area contributed by atoms with Gasteiger partial charge in [0, 0.05) is 19.4 Å². The van der Waals surface area contributed by atoms with Crippen molar-refractivity contribution in [2.75, 3.05) is 6.54 Å². The van der Waals surface area contributed by atoms with Gasteiger partial charge in [0.15, 0.2) is 5.76 Å². The number of amides is 2. The van der Waals surface area contributed by atoms with Crippen LogP contribution in [-0.2, 0) is 16.0 Å². The molecule has 0 radical (unpaired) electrons. The van der Waals surface area contributed by atoms with Gasteiger partial charge in [-0.3, -0.25) is 14.4 Å². The van der Waals surface area contributed by atoms with Crippen LogP contribution in [0.1, 0.15) is 35.4 Å². The first-order valence-electron chi connectivity index (χ1n) is 8.44. The number of hydrogen-bond acceptors (Lipinski definition) is 4. The Kier molecular flexibility index (Phi) is 7.42. The van der Waals surface area contributed by atoms with Crippen LogP contribution in [0.15, 0.2) is 53.1 Å². The summed E-state index contributed by atoms with van der Waals surface area (Å²) < 4.78 is 5.06. The maximum Gasteiger partial charge on any atom is 0.303 e. The van der Waals surface area contributed by atoms with E-state index in [1.54, 1.807) is 6.07 Å². The van der Waals surface area contributed by atoms with E-state index in [0.717, 1.165) is 5.56 Å². The number of aliphatic carboxylic acids is 1. The summed E-state index contributed by atoms with van der Waals surface area (Å²) in [5.74, 6) is -1.50. The number of furan rings is 1. The molecule has 1 aromatic carbocycles. The Morgan fingerprint density at radius 1 is 1.04 bits per heavy atom. The number of rotatable bonds is 10. The van der Waals surface area contributed by atoms with Gasteiger partial charge in [0.2, 0.25) is 5.91 Å². The molecule has 138 valence electrons. The van der Waals surface area contributed by atoms with E-state index in [0.29, 0.717) is 25.8 Å². The van der Waals surface area contributed by atoms with Gasteiger partial charge < -0.3 is 20.2 Å². The third-order valence-corrected chi connectivity index (χ3v) is 3.77. The van der Waals surface area contributed by atoms with Gasteiger partial charge in [-0.05, 0) is 30.5 Å². The van der Waals surface area contributed by atoms with Crippen LogP contribution >= 0.6 is 0 Å². The molecule has 0 spiro atoms. The quantitative estimate of drug-likeness (QED) is 0.563. The van der Waals surface area contributed by atoms with Gasteiger partial charge in [0.1, 0.15) is 6.04 Å². The second-order valence-corrected chi connectivity index (χ2v) is 5.83. The topological polar surface area (TPSA) is 109 Å². The fourth-order valence-corrected chi connectivity index (χ4v) is 2.43. The third-order valence-electron chi connectivity index (χ3n) is 3.77. The summed E-state index contributed by atoms with van der Waals surface area (Å²) in [5, 5.41) is 14.1. The Hall–Kier alpha value is -3.09. The van der Waals surface area contributed by atoms with Crippen molar-refractivity contribution >= 4 is 17.8 Å². The van der Waals surface area contributed by atoms with Crippen LogP contribution in [0.3, 0.4) is 0 Å². The molecule has 0 fully saturated rings. The third kappa shape index (κ3) is 6.43. The fourth-order valence-electron chi connectivity index (χ4n) is 2.43. The highest BCUT2D eigenvalue weighted by molar-refractivity contribution is 5.95. The van der Waals surface area contributed by atoms with Crippen molar-refractivity contribution in [1.82, 2.24) is 10.6 Å². The number of carbonyl (C=O) groups excluding carboxylic acids is 2. The molecule has 2 aromatic rings. The predicted molar refractivity (Wildman–Crippen MR) is 94.6 cm³/mol. The van der Waals surface area contributed by atoms with Crippen LogP contribution in [0.2, 0.25) is 0 Å². The average Bonchev–Trinajstić information content (AvgIpc) is 3.16. The molecule has 1 aromatic heterocycles. The smallest absolute Gasteiger partial charge is 0.303 e. The summed E-state index contributed by atoms with van der Waals surface area (Å²) in [5.41, 5.74) is 0.915. The van der Waals surface area contributed by atoms with Crippen LogP contribution in [0, 0.1) is 0 Å². The van der Waals surface area contributed by atoms with Crippen molar-refractivity contribution in [3.05, 3.63) is 60.1 Å². The van der Waals surface area contributed by atoms with E-state index in [-0.39, 0.29) is 18.1 Å². The monoisotopic (exact) mass is 358 g/mol. The zero-order valence-corrected chi connectivity index (χ0v) is 14.3. The first kappa shape index (κ1) is 19.2. The van der Waals surface area contributed by atoms with Gasteiger partial charge in [0.25, 0.3) is 5.91 Å². The number of nitrogens with one attached hydrogen (secondary N) is 2. The summed E-state index contributed by atoms with van der Waals surface area (Å²) in [7, 11) is 0. The van der Waals surface area contributed by atoms with E-state index in [1.165, 1.54) is 12.3 Å². The lowest BCUT2D eigenvalue weighted by Gasteiger charge is -2.18. The van der Waals surface area contributed by atoms with Crippen molar-refractivity contribution in [2.45, 2.75) is 31.7 Å². The van der Waals surface area contributed by atoms with Crippen LogP contribution in [-0.4, -0.2) is 35.5 Å². The highest BCUT2D eigenvalue weighted by Crippen LogP contribution is 2.06. The van der Waals surface area contributed by atoms with Crippen LogP contribution in [0.25, 0.3) is 0 Å². The van der Waals surface area contributed by atoms with Gasteiger partial charge in [-0.25, -0.2) is 0 Å². The van der Waals surface area contributed by atoms with E-state index in [2.05, 4.69) is 10.6 Å². The molecule has 7 heteroatoms. The van der Waals surface area contributed by atoms with Crippen molar-refractivity contribution in [3.8, 4) is 0 Å². The Morgan fingerprint density at radius 2 is 1.81 bits per heavy atom. The van der Waals surface area contributed by atoms with E-state index < -0.39 is 17.9 Å². The van der Waals surface area contributed by atoms with Crippen LogP contribution < -0.4 is 10.6 Å². The van der Waals surface area contributed by atoms with Gasteiger partial charge >= 0.3 is 5.97 Å². The Morgan fingerprint density at radius 3 is 2.46 bits per heavy atom. The lowest BCUT2D eigenvalue weighted by atomic mass is 10.0. The maximum absolute atomic E-state index is 12.5. The molecule has 1 heterocycles. The number of carboxylic acids is 1. The predicted octanol–water partition coefficient (Wildman–Crippen LogP) is 1.99. The van der Waals surface area contributed by atoms with E-state index in [9.17, 15) is 14.4 Å². The number of carboxylic acid groups (broad SMARTS) is 1. The van der Waals surface area contributed by atoms with Crippen LogP contribution in [0.4, 0.5) is 0 Å². The lowest BCUT2D eigenvalue weighted by molar-refractivity contribution is -0.137. The first-order chi connectivity index (χ1) is 12.6. The number of unbranched alkanes of at least 4 members (excludes halogenated alkanes) is 1.